The maximum absolute atomic E-state index is 6.28. The van der Waals surface area contributed by atoms with Gasteiger partial charge in [-0.2, -0.15) is 0 Å². The monoisotopic (exact) mass is 310 g/mol. The molecule has 0 heterocycles. The van der Waals surface area contributed by atoms with Crippen LogP contribution in [0.3, 0.4) is 0 Å². The van der Waals surface area contributed by atoms with Crippen LogP contribution in [0.2, 0.25) is 18.1 Å². The van der Waals surface area contributed by atoms with E-state index in [4.69, 9.17) is 4.43 Å². The summed E-state index contributed by atoms with van der Waals surface area (Å²) in [5.74, 6) is 0. The predicted octanol–water partition coefficient (Wildman–Crippen LogP) is 4.13. The van der Waals surface area contributed by atoms with E-state index >= 15 is 0 Å². The highest BCUT2D eigenvalue weighted by Crippen LogP contribution is 2.37. The van der Waals surface area contributed by atoms with Gasteiger partial charge in [-0.1, -0.05) is 74.8 Å². The fourth-order valence-electron chi connectivity index (χ4n) is 2.02. The molecule has 0 atom stereocenters. The quantitative estimate of drug-likeness (QED) is 0.771. The van der Waals surface area contributed by atoms with E-state index in [-0.39, 0.29) is 5.04 Å². The summed E-state index contributed by atoms with van der Waals surface area (Å²) < 4.78 is 6.28. The lowest BCUT2D eigenvalue weighted by Crippen LogP contribution is -2.40. The van der Waals surface area contributed by atoms with Crippen LogP contribution in [0, 0.1) is 0 Å². The highest BCUT2D eigenvalue weighted by atomic mass is 28.4. The zero-order chi connectivity index (χ0) is 16.4. The summed E-state index contributed by atoms with van der Waals surface area (Å²) in [4.78, 5) is 0. The summed E-state index contributed by atoms with van der Waals surface area (Å²) in [6.07, 6.45) is 0. The van der Waals surface area contributed by atoms with Gasteiger partial charge in [0.1, 0.15) is 7.85 Å². The normalized spacial score (nSPS) is 12.4. The molecule has 0 bridgehead atoms. The van der Waals surface area contributed by atoms with Crippen molar-refractivity contribution in [2.45, 2.75) is 45.5 Å². The molecule has 0 aliphatic heterocycles. The van der Waals surface area contributed by atoms with Crippen LogP contribution < -0.4 is 5.46 Å². The van der Waals surface area contributed by atoms with Gasteiger partial charge in [0.05, 0.1) is 6.61 Å². The Hall–Kier alpha value is -1.32. The number of hydrogen-bond acceptors (Lipinski definition) is 1. The Morgan fingerprint density at radius 2 is 1.32 bits per heavy atom. The maximum Gasteiger partial charge on any atom is 0.192 e. The molecule has 0 radical (unpaired) electrons. The van der Waals surface area contributed by atoms with Crippen molar-refractivity contribution in [3.63, 3.8) is 0 Å². The van der Waals surface area contributed by atoms with Crippen molar-refractivity contribution in [3.8, 4) is 11.1 Å². The maximum atomic E-state index is 6.28. The Labute approximate surface area is 137 Å². The van der Waals surface area contributed by atoms with E-state index in [0.29, 0.717) is 6.61 Å². The number of rotatable bonds is 4. The van der Waals surface area contributed by atoms with Crippen molar-refractivity contribution >= 4 is 21.6 Å². The third-order valence-corrected chi connectivity index (χ3v) is 9.22. The SMILES string of the molecule is Bc1ccc(-c2ccc(CO[Si](C)(C)C(C)(C)C)cc2)cc1. The van der Waals surface area contributed by atoms with E-state index in [1.54, 1.807) is 0 Å². The molecule has 0 saturated carbocycles. The van der Waals surface area contributed by atoms with Gasteiger partial charge in [-0.15, -0.1) is 0 Å². The molecular weight excluding hydrogens is 283 g/mol. The van der Waals surface area contributed by atoms with Gasteiger partial charge in [0.15, 0.2) is 8.32 Å². The largest absolute Gasteiger partial charge is 0.413 e. The molecule has 2 aromatic rings. The molecule has 0 N–H and O–H groups in total. The van der Waals surface area contributed by atoms with Gasteiger partial charge in [-0.3, -0.25) is 0 Å². The minimum atomic E-state index is -1.67. The highest BCUT2D eigenvalue weighted by Gasteiger charge is 2.36. The summed E-state index contributed by atoms with van der Waals surface area (Å²) in [6, 6.07) is 17.4. The fraction of sp³-hybridized carbons (Fsp3) is 0.368. The summed E-state index contributed by atoms with van der Waals surface area (Å²) in [5.41, 5.74) is 5.07. The van der Waals surface area contributed by atoms with Crippen LogP contribution in [0.15, 0.2) is 48.5 Å². The molecule has 0 aliphatic rings. The Balaban J connectivity index is 2.05. The van der Waals surface area contributed by atoms with Crippen LogP contribution in [-0.4, -0.2) is 16.2 Å². The van der Waals surface area contributed by atoms with E-state index in [1.165, 1.54) is 22.2 Å². The first kappa shape index (κ1) is 17.0. The lowest BCUT2D eigenvalue weighted by atomic mass is 9.93. The number of hydrogen-bond donors (Lipinski definition) is 0. The van der Waals surface area contributed by atoms with Crippen molar-refractivity contribution in [2.24, 2.45) is 0 Å². The molecule has 0 amide bonds. The van der Waals surface area contributed by atoms with Gasteiger partial charge < -0.3 is 4.43 Å². The summed E-state index contributed by atoms with van der Waals surface area (Å²) in [7, 11) is 0.445. The van der Waals surface area contributed by atoms with Crippen LogP contribution in [0.5, 0.6) is 0 Å². The van der Waals surface area contributed by atoms with E-state index in [0.717, 1.165) is 0 Å². The summed E-state index contributed by atoms with van der Waals surface area (Å²) in [5, 5.41) is 0.259. The third kappa shape index (κ3) is 4.11. The minimum Gasteiger partial charge on any atom is -0.413 e. The summed E-state index contributed by atoms with van der Waals surface area (Å²) in [6.45, 7) is 12.1. The molecular formula is C19H27BOSi. The van der Waals surface area contributed by atoms with Gasteiger partial charge >= 0.3 is 0 Å². The van der Waals surface area contributed by atoms with Crippen LogP contribution in [0.25, 0.3) is 11.1 Å². The van der Waals surface area contributed by atoms with Gasteiger partial charge in [0.25, 0.3) is 0 Å². The van der Waals surface area contributed by atoms with E-state index in [1.807, 2.05) is 0 Å². The molecule has 2 aromatic carbocycles. The van der Waals surface area contributed by atoms with Gasteiger partial charge in [0.2, 0.25) is 0 Å². The molecule has 0 fully saturated rings. The van der Waals surface area contributed by atoms with Gasteiger partial charge in [-0.25, -0.2) is 0 Å². The topological polar surface area (TPSA) is 9.23 Å². The second-order valence-corrected chi connectivity index (χ2v) is 12.4. The Morgan fingerprint density at radius 1 is 0.864 bits per heavy atom. The molecule has 0 unspecified atom stereocenters. The highest BCUT2D eigenvalue weighted by molar-refractivity contribution is 6.74. The lowest BCUT2D eigenvalue weighted by molar-refractivity contribution is 0.276. The van der Waals surface area contributed by atoms with Crippen LogP contribution in [-0.2, 0) is 11.0 Å². The summed E-state index contributed by atoms with van der Waals surface area (Å²) >= 11 is 0. The van der Waals surface area contributed by atoms with Crippen molar-refractivity contribution in [3.05, 3.63) is 54.1 Å². The molecule has 1 nitrogen and oxygen atoms in total. The Morgan fingerprint density at radius 3 is 1.77 bits per heavy atom. The Kier molecular flexibility index (Phi) is 4.98. The first-order valence-electron chi connectivity index (χ1n) is 7.99. The second kappa shape index (κ2) is 6.43. The van der Waals surface area contributed by atoms with Crippen LogP contribution in [0.1, 0.15) is 26.3 Å². The smallest absolute Gasteiger partial charge is 0.192 e. The predicted molar refractivity (Wildman–Crippen MR) is 102 cm³/mol. The van der Waals surface area contributed by atoms with Crippen LogP contribution >= 0.6 is 0 Å². The molecule has 3 heteroatoms. The van der Waals surface area contributed by atoms with Crippen molar-refractivity contribution in [1.82, 2.24) is 0 Å². The molecule has 0 aromatic heterocycles. The second-order valence-electron chi connectivity index (χ2n) is 7.61. The lowest BCUT2D eigenvalue weighted by Gasteiger charge is -2.36. The molecule has 0 spiro atoms. The fourth-order valence-corrected chi connectivity index (χ4v) is 2.98. The van der Waals surface area contributed by atoms with E-state index in [2.05, 4.69) is 90.2 Å². The van der Waals surface area contributed by atoms with Crippen molar-refractivity contribution in [2.75, 3.05) is 0 Å². The van der Waals surface area contributed by atoms with Gasteiger partial charge in [-0.05, 0) is 34.8 Å². The van der Waals surface area contributed by atoms with Gasteiger partial charge in [0, 0.05) is 0 Å². The zero-order valence-electron chi connectivity index (χ0n) is 14.7. The molecule has 2 rings (SSSR count). The third-order valence-electron chi connectivity index (χ3n) is 4.74. The van der Waals surface area contributed by atoms with E-state index < -0.39 is 8.32 Å². The molecule has 0 saturated heterocycles. The Bertz CT molecular complexity index is 609. The number of benzene rings is 2. The molecule has 22 heavy (non-hydrogen) atoms. The minimum absolute atomic E-state index is 0.259. The van der Waals surface area contributed by atoms with Crippen molar-refractivity contribution in [1.29, 1.82) is 0 Å². The first-order valence-corrected chi connectivity index (χ1v) is 10.9. The average molecular weight is 310 g/mol. The van der Waals surface area contributed by atoms with Crippen LogP contribution in [0.4, 0.5) is 0 Å². The van der Waals surface area contributed by atoms with Crippen molar-refractivity contribution < 1.29 is 4.43 Å². The van der Waals surface area contributed by atoms with E-state index in [9.17, 15) is 0 Å². The standard InChI is InChI=1S/C19H27BOSi/c1-19(2,3)22(4,5)21-14-15-6-8-16(9-7-15)17-10-12-18(20)13-11-17/h6-13H,14,20H2,1-5H3. The first-order chi connectivity index (χ1) is 10.2. The average Bonchev–Trinajstić information content (AvgIpc) is 2.45. The molecule has 0 aliphatic carbocycles. The zero-order valence-corrected chi connectivity index (χ0v) is 15.7. The molecule has 116 valence electrons.